The Labute approximate surface area is 501 Å². The molecule has 6 nitrogen and oxygen atoms in total. The van der Waals surface area contributed by atoms with E-state index in [1.165, 1.54) is 135 Å². The second-order valence-corrected chi connectivity index (χ2v) is 22.3. The molecule has 1 atom stereocenters. The van der Waals surface area contributed by atoms with Crippen molar-refractivity contribution in [1.29, 1.82) is 0 Å². The number of unbranched alkanes of at least 4 members (excludes halogenated alkanes) is 30. The Morgan fingerprint density at radius 1 is 0.259 bits per heavy atom. The molecule has 0 amide bonds. The summed E-state index contributed by atoms with van der Waals surface area (Å²) in [4.78, 5) is 38.4. The molecule has 81 heavy (non-hydrogen) atoms. The molecule has 0 spiro atoms. The molecule has 0 rings (SSSR count). The fourth-order valence-corrected chi connectivity index (χ4v) is 9.40. The van der Waals surface area contributed by atoms with Crippen LogP contribution in [0.2, 0.25) is 0 Å². The number of hydrogen-bond donors (Lipinski definition) is 0. The van der Waals surface area contributed by atoms with Gasteiger partial charge in [0.1, 0.15) is 13.2 Å². The maximum Gasteiger partial charge on any atom is 0.306 e. The maximum absolute atomic E-state index is 12.9. The molecule has 1 unspecified atom stereocenters. The highest BCUT2D eigenvalue weighted by molar-refractivity contribution is 5.71. The highest BCUT2D eigenvalue weighted by Crippen LogP contribution is 2.16. The van der Waals surface area contributed by atoms with E-state index >= 15 is 0 Å². The van der Waals surface area contributed by atoms with E-state index in [1.807, 2.05) is 0 Å². The zero-order valence-electron chi connectivity index (χ0n) is 53.0. The smallest absolute Gasteiger partial charge is 0.306 e. The quantitative estimate of drug-likeness (QED) is 0.0261. The second kappa shape index (κ2) is 68.3. The third kappa shape index (κ3) is 66.5. The normalized spacial score (nSPS) is 12.9. The molecular formula is C75H126O6. The second-order valence-electron chi connectivity index (χ2n) is 22.3. The van der Waals surface area contributed by atoms with Crippen molar-refractivity contribution < 1.29 is 28.6 Å². The maximum atomic E-state index is 12.9. The minimum absolute atomic E-state index is 0.0894. The van der Waals surface area contributed by atoms with Crippen molar-refractivity contribution in [3.8, 4) is 0 Å². The van der Waals surface area contributed by atoms with Crippen molar-refractivity contribution in [1.82, 2.24) is 0 Å². The predicted octanol–water partition coefficient (Wildman–Crippen LogP) is 23.6. The van der Waals surface area contributed by atoms with Gasteiger partial charge in [0.15, 0.2) is 6.10 Å². The van der Waals surface area contributed by atoms with Gasteiger partial charge in [-0.15, -0.1) is 0 Å². The van der Waals surface area contributed by atoms with Crippen LogP contribution >= 0.6 is 0 Å². The van der Waals surface area contributed by atoms with Gasteiger partial charge in [-0.05, 0) is 128 Å². The molecule has 0 aliphatic heterocycles. The van der Waals surface area contributed by atoms with Crippen LogP contribution in [0.25, 0.3) is 0 Å². The van der Waals surface area contributed by atoms with Gasteiger partial charge in [0.05, 0.1) is 0 Å². The first kappa shape index (κ1) is 76.8. The molecule has 0 aromatic heterocycles. The van der Waals surface area contributed by atoms with Gasteiger partial charge < -0.3 is 14.2 Å². The van der Waals surface area contributed by atoms with Crippen LogP contribution in [0.3, 0.4) is 0 Å². The molecule has 0 bridgehead atoms. The number of ether oxygens (including phenoxy) is 3. The van der Waals surface area contributed by atoms with E-state index in [2.05, 4.69) is 142 Å². The first-order valence-electron chi connectivity index (χ1n) is 34.0. The largest absolute Gasteiger partial charge is 0.462 e. The van der Waals surface area contributed by atoms with Gasteiger partial charge in [0.25, 0.3) is 0 Å². The monoisotopic (exact) mass is 1120 g/mol. The fraction of sp³-hybridized carbons (Fsp3) is 0.693. The van der Waals surface area contributed by atoms with Crippen LogP contribution in [0.1, 0.15) is 316 Å². The zero-order valence-corrected chi connectivity index (χ0v) is 53.0. The number of esters is 3. The summed E-state index contributed by atoms with van der Waals surface area (Å²) in [6, 6.07) is 0. The molecule has 0 aromatic rings. The van der Waals surface area contributed by atoms with Gasteiger partial charge in [-0.2, -0.15) is 0 Å². The van der Waals surface area contributed by atoms with Gasteiger partial charge >= 0.3 is 17.9 Å². The summed E-state index contributed by atoms with van der Waals surface area (Å²) in [5, 5.41) is 0. The summed E-state index contributed by atoms with van der Waals surface area (Å²) in [6.45, 7) is 6.41. The van der Waals surface area contributed by atoms with Crippen LogP contribution in [0.15, 0.2) is 122 Å². The van der Waals surface area contributed by atoms with Crippen molar-refractivity contribution >= 4 is 17.9 Å². The standard InChI is InChI=1S/C75H126O6/c1-4-7-10-13-16-19-22-25-28-30-32-34-35-36-37-38-39-41-42-44-47-50-53-56-59-62-65-68-74(77)80-71-72(70-79-73(76)67-64-61-58-55-52-49-46-27-24-21-18-15-12-9-6-3)81-75(78)69-66-63-60-57-54-51-48-45-43-40-33-31-29-26-23-20-17-14-11-8-5-2/h8-9,11-12,17-18,20-22,25-27,29-30,32-33,35-36,40,46,72H,4-7,10,13-16,19,23-24,28,31,34,37-39,41-45,47-71H2,1-3H3/b11-8-,12-9-,20-17-,21-18-,25-22-,29-26-,32-30-,36-35-,40-33-,46-27-. The van der Waals surface area contributed by atoms with E-state index < -0.39 is 6.10 Å². The van der Waals surface area contributed by atoms with Gasteiger partial charge in [-0.3, -0.25) is 14.4 Å². The number of carbonyl (C=O) groups excluding carboxylic acids is 3. The number of rotatable bonds is 61. The number of allylic oxidation sites excluding steroid dienone is 20. The molecule has 462 valence electrons. The third-order valence-corrected chi connectivity index (χ3v) is 14.4. The van der Waals surface area contributed by atoms with E-state index in [9.17, 15) is 14.4 Å². The van der Waals surface area contributed by atoms with Gasteiger partial charge in [0, 0.05) is 19.3 Å². The average molecular weight is 1120 g/mol. The summed E-state index contributed by atoms with van der Waals surface area (Å²) in [6.07, 6.45) is 95.0. The molecule has 6 heteroatoms. The van der Waals surface area contributed by atoms with Crippen LogP contribution in [-0.2, 0) is 28.6 Å². The lowest BCUT2D eigenvalue weighted by atomic mass is 10.0. The first-order chi connectivity index (χ1) is 40.0. The van der Waals surface area contributed by atoms with Crippen LogP contribution in [0, 0.1) is 0 Å². The van der Waals surface area contributed by atoms with Crippen molar-refractivity contribution in [2.45, 2.75) is 322 Å². The highest BCUT2D eigenvalue weighted by atomic mass is 16.6. The minimum Gasteiger partial charge on any atom is -0.462 e. The zero-order chi connectivity index (χ0) is 58.5. The van der Waals surface area contributed by atoms with E-state index in [1.54, 1.807) is 0 Å². The molecule has 0 aliphatic carbocycles. The molecule has 0 N–H and O–H groups in total. The lowest BCUT2D eigenvalue weighted by Gasteiger charge is -2.18. The Bertz CT molecular complexity index is 1670. The SMILES string of the molecule is CC/C=C\C/C=C\C/C=C\C/C=C\CCCCCCCCCCC(=O)OC(COC(=O)CCCCCCC/C=C\C/C=C\C/C=C\CC)COC(=O)CCCCCCCCCCCCCC/C=C\C/C=C\C/C=C\CCCCCCC. The van der Waals surface area contributed by atoms with E-state index in [-0.39, 0.29) is 31.1 Å². The summed E-state index contributed by atoms with van der Waals surface area (Å²) in [7, 11) is 0. The van der Waals surface area contributed by atoms with E-state index in [4.69, 9.17) is 14.2 Å². The Balaban J connectivity index is 4.35. The number of hydrogen-bond acceptors (Lipinski definition) is 6. The van der Waals surface area contributed by atoms with Gasteiger partial charge in [0.2, 0.25) is 0 Å². The molecular weight excluding hydrogens is 997 g/mol. The molecule has 0 aromatic carbocycles. The molecule has 0 saturated heterocycles. The third-order valence-electron chi connectivity index (χ3n) is 14.4. The summed E-state index contributed by atoms with van der Waals surface area (Å²) in [5.74, 6) is -0.909. The molecule has 0 fully saturated rings. The predicted molar refractivity (Wildman–Crippen MR) is 353 cm³/mol. The van der Waals surface area contributed by atoms with Crippen molar-refractivity contribution in [2.75, 3.05) is 13.2 Å². The Hall–Kier alpha value is -4.19. The minimum atomic E-state index is -0.796. The molecule has 0 radical (unpaired) electrons. The van der Waals surface area contributed by atoms with Crippen LogP contribution in [0.4, 0.5) is 0 Å². The summed E-state index contributed by atoms with van der Waals surface area (Å²) in [5.41, 5.74) is 0. The molecule has 0 heterocycles. The van der Waals surface area contributed by atoms with Crippen LogP contribution in [-0.4, -0.2) is 37.2 Å². The van der Waals surface area contributed by atoms with E-state index in [0.717, 1.165) is 141 Å². The van der Waals surface area contributed by atoms with Crippen molar-refractivity contribution in [2.24, 2.45) is 0 Å². The lowest BCUT2D eigenvalue weighted by molar-refractivity contribution is -0.167. The molecule has 0 saturated carbocycles. The topological polar surface area (TPSA) is 78.9 Å². The highest BCUT2D eigenvalue weighted by Gasteiger charge is 2.19. The van der Waals surface area contributed by atoms with Crippen LogP contribution < -0.4 is 0 Å². The fourth-order valence-electron chi connectivity index (χ4n) is 9.40. The Kier molecular flexibility index (Phi) is 64.8. The average Bonchev–Trinajstić information content (AvgIpc) is 3.47. The first-order valence-corrected chi connectivity index (χ1v) is 34.0. The number of carbonyl (C=O) groups is 3. The van der Waals surface area contributed by atoms with E-state index in [0.29, 0.717) is 19.3 Å². The molecule has 0 aliphatic rings. The Morgan fingerprint density at radius 3 is 0.753 bits per heavy atom. The Morgan fingerprint density at radius 2 is 0.481 bits per heavy atom. The van der Waals surface area contributed by atoms with Gasteiger partial charge in [-0.1, -0.05) is 290 Å². The van der Waals surface area contributed by atoms with Crippen LogP contribution in [0.5, 0.6) is 0 Å². The van der Waals surface area contributed by atoms with Crippen molar-refractivity contribution in [3.05, 3.63) is 122 Å². The lowest BCUT2D eigenvalue weighted by Crippen LogP contribution is -2.30. The summed E-state index contributed by atoms with van der Waals surface area (Å²) >= 11 is 0. The summed E-state index contributed by atoms with van der Waals surface area (Å²) < 4.78 is 17.0. The van der Waals surface area contributed by atoms with Crippen molar-refractivity contribution in [3.63, 3.8) is 0 Å². The van der Waals surface area contributed by atoms with Gasteiger partial charge in [-0.25, -0.2) is 0 Å².